The number of hydrogen-bond acceptors (Lipinski definition) is 6. The second-order valence-electron chi connectivity index (χ2n) is 5.53. The summed E-state index contributed by atoms with van der Waals surface area (Å²) < 4.78 is 23.0. The number of non-ortho nitro benzene ring substituents is 1. The Labute approximate surface area is 135 Å². The number of likely N-dealkylation sites (tertiary alicyclic amines) is 1. The van der Waals surface area contributed by atoms with Gasteiger partial charge >= 0.3 is 0 Å². The third kappa shape index (κ3) is 4.75. The van der Waals surface area contributed by atoms with E-state index in [1.165, 1.54) is 12.1 Å². The minimum Gasteiger partial charge on any atom is -0.382 e. The highest BCUT2D eigenvalue weighted by Gasteiger charge is 2.21. The molecule has 1 heterocycles. The Hall–Kier alpha value is -1.97. The molecule has 1 saturated heterocycles. The van der Waals surface area contributed by atoms with Crippen molar-refractivity contribution in [3.63, 3.8) is 0 Å². The van der Waals surface area contributed by atoms with Crippen molar-refractivity contribution < 1.29 is 13.3 Å². The predicted molar refractivity (Wildman–Crippen MR) is 87.8 cm³/mol. The van der Waals surface area contributed by atoms with E-state index in [9.17, 15) is 18.5 Å². The van der Waals surface area contributed by atoms with Crippen molar-refractivity contribution in [2.45, 2.75) is 23.8 Å². The fraction of sp³-hybridized carbons (Fsp3) is 0.429. The fourth-order valence-electron chi connectivity index (χ4n) is 2.61. The number of primary sulfonamides is 1. The van der Waals surface area contributed by atoms with Crippen LogP contribution in [0.4, 0.5) is 11.4 Å². The summed E-state index contributed by atoms with van der Waals surface area (Å²) in [5.41, 5.74) is 0.0912. The molecule has 23 heavy (non-hydrogen) atoms. The van der Waals surface area contributed by atoms with Crippen LogP contribution in [0.5, 0.6) is 0 Å². The van der Waals surface area contributed by atoms with Crippen LogP contribution in [0.25, 0.3) is 0 Å². The first-order valence-electron chi connectivity index (χ1n) is 7.21. The van der Waals surface area contributed by atoms with E-state index in [0.717, 1.165) is 38.5 Å². The molecule has 1 fully saturated rings. The molecule has 2 rings (SSSR count). The highest BCUT2D eigenvalue weighted by molar-refractivity contribution is 7.89. The molecule has 3 N–H and O–H groups in total. The lowest BCUT2D eigenvalue weighted by Gasteiger charge is -2.32. The molecule has 0 aliphatic carbocycles. The largest absolute Gasteiger partial charge is 0.382 e. The van der Waals surface area contributed by atoms with E-state index in [-0.39, 0.29) is 16.6 Å². The zero-order valence-corrected chi connectivity index (χ0v) is 13.5. The van der Waals surface area contributed by atoms with E-state index in [4.69, 9.17) is 5.14 Å². The van der Waals surface area contributed by atoms with Gasteiger partial charge in [-0.1, -0.05) is 6.08 Å². The summed E-state index contributed by atoms with van der Waals surface area (Å²) in [5, 5.41) is 19.2. The van der Waals surface area contributed by atoms with Crippen molar-refractivity contribution in [1.82, 2.24) is 4.90 Å². The van der Waals surface area contributed by atoms with Crippen LogP contribution in [0, 0.1) is 10.1 Å². The number of nitrogens with one attached hydrogen (secondary N) is 1. The zero-order chi connectivity index (χ0) is 17.0. The number of piperidine rings is 1. The maximum absolute atomic E-state index is 11.5. The number of sulfonamides is 1. The van der Waals surface area contributed by atoms with E-state index in [2.05, 4.69) is 16.8 Å². The topological polar surface area (TPSA) is 119 Å². The highest BCUT2D eigenvalue weighted by Crippen LogP contribution is 2.25. The normalized spacial score (nSPS) is 16.9. The second-order valence-corrected chi connectivity index (χ2v) is 7.09. The first-order valence-corrected chi connectivity index (χ1v) is 8.76. The van der Waals surface area contributed by atoms with Gasteiger partial charge in [-0.15, -0.1) is 6.58 Å². The molecule has 0 radical (unpaired) electrons. The minimum absolute atomic E-state index is 0.131. The van der Waals surface area contributed by atoms with Crippen molar-refractivity contribution in [3.8, 4) is 0 Å². The standard InChI is InChI=1S/C14H20N4O4S/c1-2-5-17-6-3-11(4-7-17)16-12-8-13(18(19)20)10-14(9-12)23(15,21)22/h2,8-11,16H,1,3-7H2,(H2,15,21,22). The number of rotatable bonds is 6. The van der Waals surface area contributed by atoms with E-state index >= 15 is 0 Å². The van der Waals surface area contributed by atoms with Gasteiger partial charge in [0, 0.05) is 43.5 Å². The van der Waals surface area contributed by atoms with Crippen molar-refractivity contribution in [2.24, 2.45) is 5.14 Å². The summed E-state index contributed by atoms with van der Waals surface area (Å²) in [5.74, 6) is 0. The molecular weight excluding hydrogens is 320 g/mol. The lowest BCUT2D eigenvalue weighted by Crippen LogP contribution is -2.39. The smallest absolute Gasteiger partial charge is 0.272 e. The molecule has 0 unspecified atom stereocenters. The molecule has 0 atom stereocenters. The average Bonchev–Trinajstić information content (AvgIpc) is 2.48. The van der Waals surface area contributed by atoms with Gasteiger partial charge in [0.05, 0.1) is 9.82 Å². The van der Waals surface area contributed by atoms with Crippen molar-refractivity contribution in [3.05, 3.63) is 41.0 Å². The summed E-state index contributed by atoms with van der Waals surface area (Å²) in [6.07, 6.45) is 3.58. The van der Waals surface area contributed by atoms with Crippen LogP contribution in [0.15, 0.2) is 35.7 Å². The first-order chi connectivity index (χ1) is 10.8. The number of nitro groups is 1. The van der Waals surface area contributed by atoms with Crippen molar-refractivity contribution in [2.75, 3.05) is 25.0 Å². The average molecular weight is 340 g/mol. The second kappa shape index (κ2) is 7.07. The van der Waals surface area contributed by atoms with Gasteiger partial charge in [0.25, 0.3) is 5.69 Å². The molecule has 126 valence electrons. The van der Waals surface area contributed by atoms with Gasteiger partial charge in [-0.05, 0) is 18.9 Å². The van der Waals surface area contributed by atoms with Gasteiger partial charge in [-0.2, -0.15) is 0 Å². The Morgan fingerprint density at radius 3 is 2.57 bits per heavy atom. The van der Waals surface area contributed by atoms with Gasteiger partial charge < -0.3 is 5.32 Å². The molecule has 1 aliphatic heterocycles. The van der Waals surface area contributed by atoms with E-state index in [1.807, 2.05) is 6.08 Å². The summed E-state index contributed by atoms with van der Waals surface area (Å²) in [6.45, 7) is 6.32. The molecule has 1 aromatic rings. The molecule has 0 saturated carbocycles. The summed E-state index contributed by atoms with van der Waals surface area (Å²) in [7, 11) is -4.00. The quantitative estimate of drug-likeness (QED) is 0.458. The molecule has 9 heteroatoms. The van der Waals surface area contributed by atoms with Crippen LogP contribution in [-0.2, 0) is 10.0 Å². The zero-order valence-electron chi connectivity index (χ0n) is 12.6. The number of benzene rings is 1. The van der Waals surface area contributed by atoms with E-state index in [0.29, 0.717) is 5.69 Å². The van der Waals surface area contributed by atoms with Gasteiger partial charge in [0.1, 0.15) is 0 Å². The third-order valence-electron chi connectivity index (χ3n) is 3.78. The molecule has 0 amide bonds. The molecular formula is C14H20N4O4S. The fourth-order valence-corrected chi connectivity index (χ4v) is 3.19. The van der Waals surface area contributed by atoms with Crippen molar-refractivity contribution >= 4 is 21.4 Å². The Morgan fingerprint density at radius 1 is 1.39 bits per heavy atom. The summed E-state index contributed by atoms with van der Waals surface area (Å²) >= 11 is 0. The summed E-state index contributed by atoms with van der Waals surface area (Å²) in [6, 6.07) is 3.75. The predicted octanol–water partition coefficient (Wildman–Crippen LogP) is 1.30. The lowest BCUT2D eigenvalue weighted by atomic mass is 10.0. The Morgan fingerprint density at radius 2 is 2.04 bits per heavy atom. The van der Waals surface area contributed by atoms with Crippen LogP contribution in [-0.4, -0.2) is 43.9 Å². The number of hydrogen-bond donors (Lipinski definition) is 2. The molecule has 1 aromatic carbocycles. The molecule has 1 aliphatic rings. The van der Waals surface area contributed by atoms with E-state index in [1.54, 1.807) is 0 Å². The Balaban J connectivity index is 2.15. The third-order valence-corrected chi connectivity index (χ3v) is 4.67. The van der Waals surface area contributed by atoms with Crippen LogP contribution in [0.2, 0.25) is 0 Å². The van der Waals surface area contributed by atoms with Gasteiger partial charge in [-0.25, -0.2) is 13.6 Å². The van der Waals surface area contributed by atoms with Crippen LogP contribution < -0.4 is 10.5 Å². The first kappa shape index (κ1) is 17.4. The Bertz CT molecular complexity index is 697. The summed E-state index contributed by atoms with van der Waals surface area (Å²) in [4.78, 5) is 12.3. The van der Waals surface area contributed by atoms with Gasteiger partial charge in [0.2, 0.25) is 10.0 Å². The SMILES string of the molecule is C=CCN1CCC(Nc2cc([N+](=O)[O-])cc(S(N)(=O)=O)c2)CC1. The maximum atomic E-state index is 11.5. The molecule has 0 bridgehead atoms. The van der Waals surface area contributed by atoms with Crippen LogP contribution in [0.3, 0.4) is 0 Å². The highest BCUT2D eigenvalue weighted by atomic mass is 32.2. The Kier molecular flexibility index (Phi) is 5.34. The van der Waals surface area contributed by atoms with Crippen LogP contribution in [0.1, 0.15) is 12.8 Å². The van der Waals surface area contributed by atoms with Crippen LogP contribution >= 0.6 is 0 Å². The molecule has 0 aromatic heterocycles. The van der Waals surface area contributed by atoms with Crippen molar-refractivity contribution in [1.29, 1.82) is 0 Å². The van der Waals surface area contributed by atoms with E-state index < -0.39 is 14.9 Å². The monoisotopic (exact) mass is 340 g/mol. The maximum Gasteiger partial charge on any atom is 0.272 e. The number of nitro benzene ring substituents is 1. The molecule has 8 nitrogen and oxygen atoms in total. The number of anilines is 1. The molecule has 0 spiro atoms. The number of nitrogens with zero attached hydrogens (tertiary/aromatic N) is 2. The minimum atomic E-state index is -4.00. The van der Waals surface area contributed by atoms with Gasteiger partial charge in [-0.3, -0.25) is 15.0 Å². The van der Waals surface area contributed by atoms with Gasteiger partial charge in [0.15, 0.2) is 0 Å². The number of nitrogens with two attached hydrogens (primary N) is 1. The lowest BCUT2D eigenvalue weighted by molar-refractivity contribution is -0.385.